The van der Waals surface area contributed by atoms with Crippen molar-refractivity contribution in [2.45, 2.75) is 33.2 Å². The number of aryl methyl sites for hydroxylation is 1. The second-order valence-electron chi connectivity index (χ2n) is 8.63. The third-order valence-corrected chi connectivity index (χ3v) is 6.29. The number of nitrogens with one attached hydrogen (secondary N) is 2. The van der Waals surface area contributed by atoms with Crippen LogP contribution in [0.15, 0.2) is 64.2 Å². The highest BCUT2D eigenvalue weighted by Gasteiger charge is 2.29. The molecule has 8 nitrogen and oxygen atoms in total. The number of fused-ring (bicyclic) bond motifs is 1. The number of esters is 1. The lowest BCUT2D eigenvalue weighted by Gasteiger charge is -2.27. The molecule has 0 bridgehead atoms. The smallest absolute Gasteiger partial charge is 0.328 e. The molecule has 1 heterocycles. The first-order chi connectivity index (χ1) is 17.4. The van der Waals surface area contributed by atoms with Gasteiger partial charge in [-0.3, -0.25) is 9.59 Å². The Bertz CT molecular complexity index is 1450. The summed E-state index contributed by atoms with van der Waals surface area (Å²) in [4.78, 5) is 43.4. The van der Waals surface area contributed by atoms with Crippen LogP contribution in [0.3, 0.4) is 0 Å². The van der Waals surface area contributed by atoms with Crippen molar-refractivity contribution < 1.29 is 9.53 Å². The fourth-order valence-corrected chi connectivity index (χ4v) is 4.39. The quantitative estimate of drug-likeness (QED) is 0.257. The molecule has 2 N–H and O–H groups in total. The van der Waals surface area contributed by atoms with Crippen LogP contribution in [0.2, 0.25) is 0 Å². The molecule has 0 fully saturated rings. The molecule has 0 aliphatic heterocycles. The maximum absolute atomic E-state index is 12.5. The highest BCUT2D eigenvalue weighted by molar-refractivity contribution is 5.93. The molecule has 186 valence electrons. The van der Waals surface area contributed by atoms with Crippen molar-refractivity contribution in [2.75, 3.05) is 35.7 Å². The van der Waals surface area contributed by atoms with Crippen molar-refractivity contribution in [1.82, 2.24) is 4.98 Å². The fourth-order valence-electron chi connectivity index (χ4n) is 4.39. The minimum atomic E-state index is -0.811. The van der Waals surface area contributed by atoms with E-state index in [0.29, 0.717) is 18.8 Å². The molecule has 0 aliphatic rings. The van der Waals surface area contributed by atoms with Gasteiger partial charge in [0, 0.05) is 36.3 Å². The Morgan fingerprint density at radius 1 is 1.03 bits per heavy atom. The number of carbonyl (C=O) groups is 1. The van der Waals surface area contributed by atoms with Gasteiger partial charge in [-0.1, -0.05) is 36.4 Å². The SMILES string of the molecule is CCN(CC)c1c(N[C@@H](Cc2ccc(Nc3nc(C)cc4ccccc34)cc2)C(=O)OC)c(=O)c1=O. The Morgan fingerprint density at radius 3 is 2.39 bits per heavy atom. The molecular weight excluding hydrogens is 456 g/mol. The second kappa shape index (κ2) is 10.6. The summed E-state index contributed by atoms with van der Waals surface area (Å²) < 4.78 is 4.96. The van der Waals surface area contributed by atoms with E-state index in [2.05, 4.69) is 21.7 Å². The zero-order valence-electron chi connectivity index (χ0n) is 20.9. The molecule has 8 heteroatoms. The second-order valence-corrected chi connectivity index (χ2v) is 8.63. The molecular formula is C28H30N4O4. The Hall–Kier alpha value is -4.20. The van der Waals surface area contributed by atoms with Crippen molar-refractivity contribution >= 4 is 39.6 Å². The van der Waals surface area contributed by atoms with Crippen molar-refractivity contribution in [3.63, 3.8) is 0 Å². The molecule has 1 atom stereocenters. The third-order valence-electron chi connectivity index (χ3n) is 6.29. The minimum Gasteiger partial charge on any atom is -0.467 e. The van der Waals surface area contributed by atoms with Crippen LogP contribution in [-0.2, 0) is 16.0 Å². The largest absolute Gasteiger partial charge is 0.467 e. The van der Waals surface area contributed by atoms with Gasteiger partial charge >= 0.3 is 5.97 Å². The molecule has 0 saturated carbocycles. The molecule has 0 amide bonds. The summed E-state index contributed by atoms with van der Waals surface area (Å²) >= 11 is 0. The Morgan fingerprint density at radius 2 is 1.72 bits per heavy atom. The van der Waals surface area contributed by atoms with Gasteiger partial charge in [0.15, 0.2) is 0 Å². The van der Waals surface area contributed by atoms with Crippen LogP contribution < -0.4 is 26.4 Å². The van der Waals surface area contributed by atoms with E-state index in [4.69, 9.17) is 4.74 Å². The number of nitrogens with zero attached hydrogens (tertiary/aromatic N) is 2. The topological polar surface area (TPSA) is 101 Å². The van der Waals surface area contributed by atoms with Crippen molar-refractivity contribution in [3.05, 3.63) is 86.3 Å². The van der Waals surface area contributed by atoms with Gasteiger partial charge in [0.2, 0.25) is 0 Å². The number of anilines is 4. The average molecular weight is 487 g/mol. The van der Waals surface area contributed by atoms with E-state index in [0.717, 1.165) is 33.5 Å². The summed E-state index contributed by atoms with van der Waals surface area (Å²) in [6.45, 7) is 6.94. The van der Waals surface area contributed by atoms with Crippen LogP contribution in [0.1, 0.15) is 25.1 Å². The van der Waals surface area contributed by atoms with Gasteiger partial charge in [-0.25, -0.2) is 9.78 Å². The number of hydrogen-bond donors (Lipinski definition) is 2. The predicted molar refractivity (Wildman–Crippen MR) is 144 cm³/mol. The molecule has 0 aliphatic carbocycles. The summed E-state index contributed by atoms with van der Waals surface area (Å²) in [5.74, 6) is 0.266. The van der Waals surface area contributed by atoms with Gasteiger partial charge in [-0.2, -0.15) is 0 Å². The molecule has 36 heavy (non-hydrogen) atoms. The van der Waals surface area contributed by atoms with Crippen molar-refractivity contribution in [1.29, 1.82) is 0 Å². The highest BCUT2D eigenvalue weighted by Crippen LogP contribution is 2.26. The minimum absolute atomic E-state index is 0.176. The van der Waals surface area contributed by atoms with Gasteiger partial charge in [-0.15, -0.1) is 0 Å². The van der Waals surface area contributed by atoms with Gasteiger partial charge in [0.1, 0.15) is 23.2 Å². The van der Waals surface area contributed by atoms with Crippen LogP contribution in [0.25, 0.3) is 10.8 Å². The number of benzene rings is 2. The highest BCUT2D eigenvalue weighted by atomic mass is 16.5. The normalized spacial score (nSPS) is 11.9. The van der Waals surface area contributed by atoms with Crippen LogP contribution >= 0.6 is 0 Å². The molecule has 3 aromatic carbocycles. The van der Waals surface area contributed by atoms with E-state index < -0.39 is 22.9 Å². The van der Waals surface area contributed by atoms with Crippen LogP contribution in [0.5, 0.6) is 0 Å². The number of aromatic nitrogens is 1. The third kappa shape index (κ3) is 4.93. The van der Waals surface area contributed by atoms with Gasteiger partial charge in [0.05, 0.1) is 7.11 Å². The fraction of sp³-hybridized carbons (Fsp3) is 0.286. The van der Waals surface area contributed by atoms with Gasteiger partial charge in [0.25, 0.3) is 10.9 Å². The first-order valence-electron chi connectivity index (χ1n) is 12.0. The molecule has 4 rings (SSSR count). The average Bonchev–Trinajstić information content (AvgIpc) is 2.90. The maximum atomic E-state index is 12.5. The van der Waals surface area contributed by atoms with Crippen molar-refractivity contribution in [2.24, 2.45) is 0 Å². The molecule has 4 aromatic rings. The Kier molecular flexibility index (Phi) is 7.33. The van der Waals surface area contributed by atoms with E-state index in [9.17, 15) is 14.4 Å². The van der Waals surface area contributed by atoms with E-state index >= 15 is 0 Å². The molecule has 0 spiro atoms. The number of carbonyl (C=O) groups excluding carboxylic acids is 1. The Balaban J connectivity index is 1.53. The first kappa shape index (κ1) is 24.9. The van der Waals surface area contributed by atoms with Crippen LogP contribution in [-0.4, -0.2) is 37.2 Å². The number of pyridine rings is 1. The summed E-state index contributed by atoms with van der Waals surface area (Å²) in [7, 11) is 1.30. The summed E-state index contributed by atoms with van der Waals surface area (Å²) in [6, 6.07) is 17.0. The number of ether oxygens (including phenoxy) is 1. The summed E-state index contributed by atoms with van der Waals surface area (Å²) in [5, 5.41) is 8.50. The lowest BCUT2D eigenvalue weighted by Crippen LogP contribution is -2.46. The first-order valence-corrected chi connectivity index (χ1v) is 12.0. The van der Waals surface area contributed by atoms with Crippen molar-refractivity contribution in [3.8, 4) is 0 Å². The Labute approximate surface area is 209 Å². The molecule has 0 radical (unpaired) electrons. The summed E-state index contributed by atoms with van der Waals surface area (Å²) in [6.07, 6.45) is 0.287. The van der Waals surface area contributed by atoms with Gasteiger partial charge < -0.3 is 20.3 Å². The van der Waals surface area contributed by atoms with E-state index in [1.54, 1.807) is 0 Å². The zero-order valence-corrected chi connectivity index (χ0v) is 20.9. The maximum Gasteiger partial charge on any atom is 0.328 e. The van der Waals surface area contributed by atoms with Crippen LogP contribution in [0.4, 0.5) is 22.9 Å². The number of hydrogen-bond acceptors (Lipinski definition) is 8. The van der Waals surface area contributed by atoms with E-state index in [1.807, 2.05) is 74.2 Å². The standard InChI is InChI=1S/C28H30N4O4/c1-5-32(6-2)24-23(25(33)26(24)34)31-22(28(35)36-4)16-18-11-13-20(14-12-18)30-27-21-10-8-7-9-19(21)15-17(3)29-27/h7-15,22,31H,5-6,16H2,1-4H3,(H,29,30)/t22-/m0/s1. The van der Waals surface area contributed by atoms with E-state index in [-0.39, 0.29) is 12.1 Å². The number of methoxy groups -OCH3 is 1. The molecule has 0 unspecified atom stereocenters. The monoisotopic (exact) mass is 486 g/mol. The lowest BCUT2D eigenvalue weighted by atomic mass is 10.0. The van der Waals surface area contributed by atoms with Gasteiger partial charge in [-0.05, 0) is 49.9 Å². The predicted octanol–water partition coefficient (Wildman–Crippen LogP) is 3.93. The molecule has 0 saturated heterocycles. The molecule has 1 aromatic heterocycles. The lowest BCUT2D eigenvalue weighted by molar-refractivity contribution is -0.141. The van der Waals surface area contributed by atoms with E-state index in [1.165, 1.54) is 7.11 Å². The number of rotatable bonds is 10. The zero-order chi connectivity index (χ0) is 25.8. The van der Waals surface area contributed by atoms with Crippen LogP contribution in [0, 0.1) is 6.92 Å². The summed E-state index contributed by atoms with van der Waals surface area (Å²) in [5.41, 5.74) is 2.01.